The van der Waals surface area contributed by atoms with Crippen LogP contribution in [0, 0.1) is 5.92 Å². The van der Waals surface area contributed by atoms with E-state index in [1.807, 2.05) is 0 Å². The average molecular weight is 338 g/mol. The summed E-state index contributed by atoms with van der Waals surface area (Å²) in [5.41, 5.74) is 1.36. The number of nitrogens with zero attached hydrogens (tertiary/aromatic N) is 2. The smallest absolute Gasteiger partial charge is 0.230 e. The number of aromatic nitrogens is 1. The van der Waals surface area contributed by atoms with Crippen molar-refractivity contribution in [2.24, 2.45) is 5.92 Å². The molecule has 2 N–H and O–H groups in total. The maximum absolute atomic E-state index is 12.3. The highest BCUT2D eigenvalue weighted by atomic mass is 16.2. The molecule has 0 radical (unpaired) electrons. The monoisotopic (exact) mass is 338 g/mol. The molecule has 1 fully saturated rings. The lowest BCUT2D eigenvalue weighted by molar-refractivity contribution is -0.122. The minimum Gasteiger partial charge on any atom is -0.326 e. The zero-order valence-corrected chi connectivity index (χ0v) is 13.7. The second-order valence-electron chi connectivity index (χ2n) is 5.84. The van der Waals surface area contributed by atoms with Crippen LogP contribution >= 0.6 is 0 Å². The molecular weight excluding hydrogens is 320 g/mol. The van der Waals surface area contributed by atoms with Crippen molar-refractivity contribution in [2.45, 2.75) is 13.3 Å². The van der Waals surface area contributed by atoms with Gasteiger partial charge in [0, 0.05) is 37.5 Å². The van der Waals surface area contributed by atoms with Gasteiger partial charge in [-0.15, -0.1) is 0 Å². The van der Waals surface area contributed by atoms with E-state index in [1.165, 1.54) is 6.92 Å². The Bertz CT molecular complexity index is 790. The van der Waals surface area contributed by atoms with Crippen molar-refractivity contribution in [1.29, 1.82) is 0 Å². The zero-order chi connectivity index (χ0) is 17.8. The maximum Gasteiger partial charge on any atom is 0.230 e. The van der Waals surface area contributed by atoms with Crippen molar-refractivity contribution in [1.82, 2.24) is 4.98 Å². The Labute approximate surface area is 145 Å². The van der Waals surface area contributed by atoms with Crippen molar-refractivity contribution in [2.75, 3.05) is 22.1 Å². The molecule has 3 amide bonds. The van der Waals surface area contributed by atoms with Crippen molar-refractivity contribution in [3.05, 3.63) is 48.7 Å². The first-order chi connectivity index (χ1) is 12.0. The number of rotatable bonds is 4. The molecule has 25 heavy (non-hydrogen) atoms. The van der Waals surface area contributed by atoms with E-state index in [2.05, 4.69) is 15.6 Å². The van der Waals surface area contributed by atoms with Crippen LogP contribution in [0.3, 0.4) is 0 Å². The van der Waals surface area contributed by atoms with Gasteiger partial charge in [-0.3, -0.25) is 14.4 Å². The zero-order valence-electron chi connectivity index (χ0n) is 13.7. The van der Waals surface area contributed by atoms with Crippen LogP contribution in [0.25, 0.3) is 0 Å². The van der Waals surface area contributed by atoms with Crippen molar-refractivity contribution in [3.63, 3.8) is 0 Å². The van der Waals surface area contributed by atoms with E-state index in [0.29, 0.717) is 23.7 Å². The van der Waals surface area contributed by atoms with Gasteiger partial charge in [0.2, 0.25) is 17.7 Å². The molecule has 7 heteroatoms. The lowest BCUT2D eigenvalue weighted by Gasteiger charge is -2.17. The summed E-state index contributed by atoms with van der Waals surface area (Å²) < 4.78 is 0. The maximum atomic E-state index is 12.3. The Morgan fingerprint density at radius 1 is 1.12 bits per heavy atom. The molecule has 0 saturated carbocycles. The average Bonchev–Trinajstić information content (AvgIpc) is 2.98. The standard InChI is InChI=1S/C18H18N4O3/c1-12(23)20-14-5-7-15(8-6-14)22-11-13(10-17(22)24)18(25)21-16-4-2-3-9-19-16/h2-9,13H,10-11H2,1H3,(H,20,23)(H,19,21,25). The van der Waals surface area contributed by atoms with Crippen LogP contribution in [0.2, 0.25) is 0 Å². The van der Waals surface area contributed by atoms with E-state index >= 15 is 0 Å². The SMILES string of the molecule is CC(=O)Nc1ccc(N2CC(C(=O)Nc3ccccn3)CC2=O)cc1. The van der Waals surface area contributed by atoms with Gasteiger partial charge in [0.15, 0.2) is 0 Å². The van der Waals surface area contributed by atoms with E-state index in [0.717, 1.165) is 0 Å². The Hall–Kier alpha value is -3.22. The lowest BCUT2D eigenvalue weighted by atomic mass is 10.1. The van der Waals surface area contributed by atoms with Crippen molar-refractivity contribution >= 4 is 34.9 Å². The second kappa shape index (κ2) is 7.12. The number of anilines is 3. The third-order valence-electron chi connectivity index (χ3n) is 3.91. The number of hydrogen-bond donors (Lipinski definition) is 2. The quantitative estimate of drug-likeness (QED) is 0.892. The Balaban J connectivity index is 1.65. The summed E-state index contributed by atoms with van der Waals surface area (Å²) in [5.74, 6) is -0.434. The first-order valence-corrected chi connectivity index (χ1v) is 7.93. The number of amides is 3. The van der Waals surface area contributed by atoms with Crippen molar-refractivity contribution in [3.8, 4) is 0 Å². The van der Waals surface area contributed by atoms with Crippen LogP contribution < -0.4 is 15.5 Å². The summed E-state index contributed by atoms with van der Waals surface area (Å²) in [6.07, 6.45) is 1.75. The lowest BCUT2D eigenvalue weighted by Crippen LogP contribution is -2.28. The molecule has 0 aliphatic carbocycles. The molecule has 0 spiro atoms. The summed E-state index contributed by atoms with van der Waals surface area (Å²) in [7, 11) is 0. The molecule has 1 aliphatic rings. The van der Waals surface area contributed by atoms with Gasteiger partial charge < -0.3 is 15.5 Å². The van der Waals surface area contributed by atoms with Crippen LogP contribution in [0.1, 0.15) is 13.3 Å². The molecule has 0 bridgehead atoms. The largest absolute Gasteiger partial charge is 0.326 e. The molecule has 1 saturated heterocycles. The van der Waals surface area contributed by atoms with Gasteiger partial charge in [-0.2, -0.15) is 0 Å². The van der Waals surface area contributed by atoms with Crippen LogP contribution in [-0.2, 0) is 14.4 Å². The first-order valence-electron chi connectivity index (χ1n) is 7.93. The molecule has 1 aromatic heterocycles. The number of pyridine rings is 1. The first kappa shape index (κ1) is 16.6. The minimum absolute atomic E-state index is 0.103. The van der Waals surface area contributed by atoms with Gasteiger partial charge in [0.1, 0.15) is 5.82 Å². The fourth-order valence-corrected chi connectivity index (χ4v) is 2.73. The fourth-order valence-electron chi connectivity index (χ4n) is 2.73. The van der Waals surface area contributed by atoms with Crippen LogP contribution in [-0.4, -0.2) is 29.3 Å². The highest BCUT2D eigenvalue weighted by molar-refractivity contribution is 6.03. The molecular formula is C18H18N4O3. The molecule has 2 aromatic rings. The van der Waals surface area contributed by atoms with E-state index in [-0.39, 0.29) is 24.1 Å². The summed E-state index contributed by atoms with van der Waals surface area (Å²) in [6, 6.07) is 12.2. The molecule has 1 atom stereocenters. The topological polar surface area (TPSA) is 91.4 Å². The van der Waals surface area contributed by atoms with Gasteiger partial charge in [-0.05, 0) is 36.4 Å². The normalized spacial score (nSPS) is 16.6. The number of carbonyl (C=O) groups excluding carboxylic acids is 3. The van der Waals surface area contributed by atoms with Crippen LogP contribution in [0.4, 0.5) is 17.2 Å². The van der Waals surface area contributed by atoms with E-state index in [4.69, 9.17) is 0 Å². The molecule has 128 valence electrons. The van der Waals surface area contributed by atoms with Gasteiger partial charge in [-0.1, -0.05) is 6.07 Å². The van der Waals surface area contributed by atoms with Gasteiger partial charge in [0.25, 0.3) is 0 Å². The molecule has 2 heterocycles. The number of carbonyl (C=O) groups is 3. The Morgan fingerprint density at radius 2 is 1.88 bits per heavy atom. The predicted octanol–water partition coefficient (Wildman–Crippen LogP) is 2.03. The third-order valence-corrected chi connectivity index (χ3v) is 3.91. The molecule has 3 rings (SSSR count). The molecule has 1 aliphatic heterocycles. The highest BCUT2D eigenvalue weighted by Crippen LogP contribution is 2.27. The minimum atomic E-state index is -0.426. The highest BCUT2D eigenvalue weighted by Gasteiger charge is 2.35. The van der Waals surface area contributed by atoms with Gasteiger partial charge in [0.05, 0.1) is 5.92 Å². The summed E-state index contributed by atoms with van der Waals surface area (Å²) in [5, 5.41) is 5.41. The molecule has 1 aromatic carbocycles. The predicted molar refractivity (Wildman–Crippen MR) is 94.1 cm³/mol. The van der Waals surface area contributed by atoms with E-state index in [9.17, 15) is 14.4 Å². The molecule has 1 unspecified atom stereocenters. The summed E-state index contributed by atoms with van der Waals surface area (Å²) in [4.78, 5) is 41.3. The number of benzene rings is 1. The van der Waals surface area contributed by atoms with Crippen molar-refractivity contribution < 1.29 is 14.4 Å². The van der Waals surface area contributed by atoms with Crippen LogP contribution in [0.5, 0.6) is 0 Å². The summed E-state index contributed by atoms with van der Waals surface area (Å²) >= 11 is 0. The van der Waals surface area contributed by atoms with E-state index < -0.39 is 5.92 Å². The molecule has 7 nitrogen and oxygen atoms in total. The number of nitrogens with one attached hydrogen (secondary N) is 2. The van der Waals surface area contributed by atoms with E-state index in [1.54, 1.807) is 53.6 Å². The Kier molecular flexibility index (Phi) is 4.74. The Morgan fingerprint density at radius 3 is 2.52 bits per heavy atom. The third kappa shape index (κ3) is 4.00. The second-order valence-corrected chi connectivity index (χ2v) is 5.84. The van der Waals surface area contributed by atoms with Gasteiger partial charge in [-0.25, -0.2) is 4.98 Å². The van der Waals surface area contributed by atoms with Crippen LogP contribution in [0.15, 0.2) is 48.7 Å². The summed E-state index contributed by atoms with van der Waals surface area (Å²) in [6.45, 7) is 1.75. The fraction of sp³-hybridized carbons (Fsp3) is 0.222. The van der Waals surface area contributed by atoms with Gasteiger partial charge >= 0.3 is 0 Å². The number of hydrogen-bond acceptors (Lipinski definition) is 4.